The topological polar surface area (TPSA) is 52.6 Å². The summed E-state index contributed by atoms with van der Waals surface area (Å²) in [6.45, 7) is 1.49. The van der Waals surface area contributed by atoms with Crippen LogP contribution in [0, 0.1) is 0 Å². The van der Waals surface area contributed by atoms with Crippen LogP contribution in [0.2, 0.25) is 0 Å². The summed E-state index contributed by atoms with van der Waals surface area (Å²) in [5.74, 6) is 1.74. The van der Waals surface area contributed by atoms with Gasteiger partial charge in [0.25, 0.3) is 0 Å². The molecule has 0 saturated heterocycles. The summed E-state index contributed by atoms with van der Waals surface area (Å²) < 4.78 is 0. The van der Waals surface area contributed by atoms with Crippen molar-refractivity contribution in [3.8, 4) is 0 Å². The van der Waals surface area contributed by atoms with Crippen molar-refractivity contribution in [2.75, 3.05) is 32.6 Å². The zero-order chi connectivity index (χ0) is 16.5. The number of nitrogens with one attached hydrogen (secondary N) is 2. The van der Waals surface area contributed by atoms with Crippen molar-refractivity contribution < 1.29 is 0 Å². The first-order chi connectivity index (χ1) is 11.2. The summed E-state index contributed by atoms with van der Waals surface area (Å²) in [7, 11) is 5.76. The molecule has 0 saturated carbocycles. The lowest BCUT2D eigenvalue weighted by Gasteiger charge is -2.14. The van der Waals surface area contributed by atoms with Crippen molar-refractivity contribution >= 4 is 35.8 Å². The molecule has 0 unspecified atom stereocenters. The maximum Gasteiger partial charge on any atom is 0.191 e. The average molecular weight is 439 g/mol. The molecular formula is C18H26IN5. The molecule has 0 amide bonds. The van der Waals surface area contributed by atoms with Gasteiger partial charge in [-0.1, -0.05) is 36.4 Å². The summed E-state index contributed by atoms with van der Waals surface area (Å²) in [4.78, 5) is 10.8. The van der Waals surface area contributed by atoms with Gasteiger partial charge in [-0.3, -0.25) is 4.99 Å². The lowest BCUT2D eigenvalue weighted by atomic mass is 10.1. The summed E-state index contributed by atoms with van der Waals surface area (Å²) in [5.41, 5.74) is 2.30. The molecule has 0 bridgehead atoms. The molecule has 1 aromatic carbocycles. The van der Waals surface area contributed by atoms with E-state index in [1.165, 1.54) is 5.56 Å². The van der Waals surface area contributed by atoms with E-state index < -0.39 is 0 Å². The molecule has 1 heterocycles. The Balaban J connectivity index is 0.00000288. The molecule has 24 heavy (non-hydrogen) atoms. The minimum absolute atomic E-state index is 0. The fourth-order valence-corrected chi connectivity index (χ4v) is 2.18. The van der Waals surface area contributed by atoms with Gasteiger partial charge in [-0.05, 0) is 24.1 Å². The first-order valence-corrected chi connectivity index (χ1v) is 7.80. The highest BCUT2D eigenvalue weighted by Crippen LogP contribution is 2.07. The number of halogens is 1. The molecule has 0 spiro atoms. The van der Waals surface area contributed by atoms with Crippen molar-refractivity contribution in [2.24, 2.45) is 4.99 Å². The quantitative estimate of drug-likeness (QED) is 0.413. The molecule has 2 rings (SSSR count). The van der Waals surface area contributed by atoms with Gasteiger partial charge in [-0.25, -0.2) is 4.98 Å². The Morgan fingerprint density at radius 1 is 1.04 bits per heavy atom. The largest absolute Gasteiger partial charge is 0.363 e. The number of aromatic nitrogens is 1. The van der Waals surface area contributed by atoms with E-state index >= 15 is 0 Å². The van der Waals surface area contributed by atoms with Crippen LogP contribution >= 0.6 is 24.0 Å². The third-order valence-electron chi connectivity index (χ3n) is 3.46. The Kier molecular flexibility index (Phi) is 9.14. The van der Waals surface area contributed by atoms with E-state index in [1.807, 2.05) is 43.3 Å². The standard InChI is InChI=1S/C18H25N5.HI/c1-19-18(20-13-12-15-8-5-4-6-9-15)21-14-16-10-7-11-17(22-16)23(2)3;/h4-11H,12-14H2,1-3H3,(H2,19,20,21);1H. The molecule has 0 radical (unpaired) electrons. The van der Waals surface area contributed by atoms with Crippen molar-refractivity contribution in [3.63, 3.8) is 0 Å². The highest BCUT2D eigenvalue weighted by atomic mass is 127. The second kappa shape index (κ2) is 10.9. The molecule has 0 aliphatic rings. The predicted octanol–water partition coefficient (Wildman–Crippen LogP) is 2.67. The van der Waals surface area contributed by atoms with Crippen molar-refractivity contribution in [2.45, 2.75) is 13.0 Å². The third kappa shape index (κ3) is 6.74. The van der Waals surface area contributed by atoms with E-state index in [1.54, 1.807) is 7.05 Å². The molecule has 0 fully saturated rings. The number of anilines is 1. The molecule has 2 aromatic rings. The van der Waals surface area contributed by atoms with Gasteiger partial charge < -0.3 is 15.5 Å². The summed E-state index contributed by atoms with van der Waals surface area (Å²) >= 11 is 0. The van der Waals surface area contributed by atoms with Gasteiger partial charge in [0.2, 0.25) is 0 Å². The Morgan fingerprint density at radius 2 is 1.79 bits per heavy atom. The van der Waals surface area contributed by atoms with Crippen LogP contribution in [0.3, 0.4) is 0 Å². The van der Waals surface area contributed by atoms with Gasteiger partial charge in [-0.2, -0.15) is 0 Å². The molecule has 1 aromatic heterocycles. The summed E-state index contributed by atoms with van der Waals surface area (Å²) in [6.07, 6.45) is 0.968. The van der Waals surface area contributed by atoms with Crippen LogP contribution in [0.4, 0.5) is 5.82 Å². The fraction of sp³-hybridized carbons (Fsp3) is 0.333. The smallest absolute Gasteiger partial charge is 0.191 e. The highest BCUT2D eigenvalue weighted by Gasteiger charge is 2.02. The predicted molar refractivity (Wildman–Crippen MR) is 112 cm³/mol. The minimum Gasteiger partial charge on any atom is -0.363 e. The molecule has 2 N–H and O–H groups in total. The van der Waals surface area contributed by atoms with E-state index in [4.69, 9.17) is 0 Å². The number of hydrogen-bond donors (Lipinski definition) is 2. The normalized spacial score (nSPS) is 10.7. The zero-order valence-electron chi connectivity index (χ0n) is 14.5. The maximum absolute atomic E-state index is 4.59. The second-order valence-electron chi connectivity index (χ2n) is 5.47. The van der Waals surface area contributed by atoms with Gasteiger partial charge in [0.05, 0.1) is 12.2 Å². The second-order valence-corrected chi connectivity index (χ2v) is 5.47. The monoisotopic (exact) mass is 439 g/mol. The van der Waals surface area contributed by atoms with Crippen molar-refractivity contribution in [3.05, 3.63) is 59.8 Å². The van der Waals surface area contributed by atoms with Crippen LogP contribution in [0.25, 0.3) is 0 Å². The summed E-state index contributed by atoms with van der Waals surface area (Å²) in [5, 5.41) is 6.62. The number of rotatable bonds is 6. The van der Waals surface area contributed by atoms with Crippen LogP contribution in [-0.4, -0.2) is 38.6 Å². The average Bonchev–Trinajstić information content (AvgIpc) is 2.59. The lowest BCUT2D eigenvalue weighted by Crippen LogP contribution is -2.38. The van der Waals surface area contributed by atoms with Crippen LogP contribution in [0.5, 0.6) is 0 Å². The van der Waals surface area contributed by atoms with Gasteiger partial charge in [0.1, 0.15) is 5.82 Å². The number of pyridine rings is 1. The number of benzene rings is 1. The van der Waals surface area contributed by atoms with Crippen molar-refractivity contribution in [1.82, 2.24) is 15.6 Å². The van der Waals surface area contributed by atoms with Gasteiger partial charge in [0, 0.05) is 27.7 Å². The van der Waals surface area contributed by atoms with E-state index in [9.17, 15) is 0 Å². The number of guanidine groups is 1. The zero-order valence-corrected chi connectivity index (χ0v) is 16.8. The molecular weight excluding hydrogens is 413 g/mol. The first-order valence-electron chi connectivity index (χ1n) is 7.80. The Bertz CT molecular complexity index is 628. The van der Waals surface area contributed by atoms with E-state index in [-0.39, 0.29) is 24.0 Å². The number of nitrogens with zero attached hydrogens (tertiary/aromatic N) is 3. The van der Waals surface area contributed by atoms with Crippen LogP contribution in [0.1, 0.15) is 11.3 Å². The third-order valence-corrected chi connectivity index (χ3v) is 3.46. The van der Waals surface area contributed by atoms with Crippen LogP contribution < -0.4 is 15.5 Å². The van der Waals surface area contributed by atoms with Gasteiger partial charge >= 0.3 is 0 Å². The molecule has 0 atom stereocenters. The van der Waals surface area contributed by atoms with Crippen LogP contribution in [-0.2, 0) is 13.0 Å². The molecule has 0 aliphatic heterocycles. The van der Waals surface area contributed by atoms with Crippen LogP contribution in [0.15, 0.2) is 53.5 Å². The molecule has 5 nitrogen and oxygen atoms in total. The highest BCUT2D eigenvalue weighted by molar-refractivity contribution is 14.0. The molecule has 130 valence electrons. The number of hydrogen-bond acceptors (Lipinski definition) is 3. The minimum atomic E-state index is 0. The Labute approximate surface area is 161 Å². The maximum atomic E-state index is 4.59. The van der Waals surface area contributed by atoms with Crippen molar-refractivity contribution in [1.29, 1.82) is 0 Å². The van der Waals surface area contributed by atoms with E-state index in [0.29, 0.717) is 6.54 Å². The van der Waals surface area contributed by atoms with E-state index in [0.717, 1.165) is 30.4 Å². The Hall–Kier alpha value is -1.83. The SMILES string of the molecule is CN=C(NCCc1ccccc1)NCc1cccc(N(C)C)n1.I. The molecule has 6 heteroatoms. The summed E-state index contributed by atoms with van der Waals surface area (Å²) in [6, 6.07) is 16.4. The lowest BCUT2D eigenvalue weighted by molar-refractivity contribution is 0.782. The van der Waals surface area contributed by atoms with Gasteiger partial charge in [-0.15, -0.1) is 24.0 Å². The van der Waals surface area contributed by atoms with Gasteiger partial charge in [0.15, 0.2) is 5.96 Å². The molecule has 0 aliphatic carbocycles. The first kappa shape index (κ1) is 20.2. The fourth-order valence-electron chi connectivity index (χ4n) is 2.18. The number of aliphatic imine (C=N–C) groups is 1. The Morgan fingerprint density at radius 3 is 2.46 bits per heavy atom. The van der Waals surface area contributed by atoms with E-state index in [2.05, 4.69) is 44.9 Å².